The summed E-state index contributed by atoms with van der Waals surface area (Å²) in [6.07, 6.45) is 4.57. The van der Waals surface area contributed by atoms with Crippen molar-refractivity contribution in [1.29, 1.82) is 0 Å². The molecule has 3 aliphatic rings. The van der Waals surface area contributed by atoms with Crippen LogP contribution in [0.4, 0.5) is 11.4 Å². The maximum Gasteiger partial charge on any atom is 0.316 e. The molecule has 180 valence electrons. The summed E-state index contributed by atoms with van der Waals surface area (Å²) in [6, 6.07) is 12.4. The number of fused-ring (bicyclic) bond motifs is 1. The van der Waals surface area contributed by atoms with Gasteiger partial charge in [0.1, 0.15) is 5.75 Å². The van der Waals surface area contributed by atoms with Gasteiger partial charge in [0.2, 0.25) is 17.7 Å². The van der Waals surface area contributed by atoms with Crippen molar-refractivity contribution in [3.8, 4) is 5.75 Å². The third-order valence-corrected chi connectivity index (χ3v) is 7.14. The average Bonchev–Trinajstić information content (AvgIpc) is 3.31. The van der Waals surface area contributed by atoms with E-state index in [0.717, 1.165) is 16.8 Å². The fraction of sp³-hybridized carbons (Fsp3) is 0.357. The van der Waals surface area contributed by atoms with Crippen LogP contribution in [0.5, 0.6) is 5.75 Å². The van der Waals surface area contributed by atoms with Crippen molar-refractivity contribution < 1.29 is 23.9 Å². The summed E-state index contributed by atoms with van der Waals surface area (Å²) < 4.78 is 5.61. The van der Waals surface area contributed by atoms with Crippen LogP contribution < -0.4 is 14.5 Å². The van der Waals surface area contributed by atoms with E-state index in [4.69, 9.17) is 4.74 Å². The van der Waals surface area contributed by atoms with Gasteiger partial charge < -0.3 is 9.64 Å². The second-order valence-corrected chi connectivity index (χ2v) is 9.84. The highest BCUT2D eigenvalue weighted by molar-refractivity contribution is 6.22. The standard InChI is InChI=1S/C28H28N2O5/c1-16-10-17(2)12-21(11-16)29-15-19(13-24(29)31)28(34)35-22-8-5-7-20(14-22)30-26(32)23-9-4-6-18(3)25(23)27(30)33/h4-8,10-12,14,18-19,23,25H,9,13,15H2,1-3H3. The Morgan fingerprint density at radius 2 is 1.71 bits per heavy atom. The fourth-order valence-corrected chi connectivity index (χ4v) is 5.51. The highest BCUT2D eigenvalue weighted by Crippen LogP contribution is 2.41. The number of carbonyl (C=O) groups is 4. The molecule has 2 fully saturated rings. The van der Waals surface area contributed by atoms with Crippen molar-refractivity contribution in [1.82, 2.24) is 0 Å². The van der Waals surface area contributed by atoms with Crippen LogP contribution in [0.3, 0.4) is 0 Å². The normalized spacial score (nSPS) is 25.9. The number of nitrogens with zero attached hydrogens (tertiary/aromatic N) is 2. The van der Waals surface area contributed by atoms with Gasteiger partial charge in [-0.05, 0) is 61.6 Å². The molecule has 0 N–H and O–H groups in total. The number of carbonyl (C=O) groups excluding carboxylic acids is 4. The first-order valence-electron chi connectivity index (χ1n) is 12.0. The Morgan fingerprint density at radius 1 is 0.971 bits per heavy atom. The summed E-state index contributed by atoms with van der Waals surface area (Å²) in [5, 5.41) is 0. The largest absolute Gasteiger partial charge is 0.426 e. The quantitative estimate of drug-likeness (QED) is 0.291. The molecule has 0 bridgehead atoms. The number of benzene rings is 2. The third-order valence-electron chi connectivity index (χ3n) is 7.14. The number of amides is 3. The third kappa shape index (κ3) is 4.16. The summed E-state index contributed by atoms with van der Waals surface area (Å²) >= 11 is 0. The number of ether oxygens (including phenoxy) is 1. The van der Waals surface area contributed by atoms with Crippen molar-refractivity contribution in [2.45, 2.75) is 33.6 Å². The Balaban J connectivity index is 1.30. The van der Waals surface area contributed by atoms with E-state index in [9.17, 15) is 19.2 Å². The summed E-state index contributed by atoms with van der Waals surface area (Å²) in [4.78, 5) is 54.5. The highest BCUT2D eigenvalue weighted by Gasteiger charge is 2.50. The van der Waals surface area contributed by atoms with Crippen LogP contribution in [0.1, 0.15) is 30.9 Å². The van der Waals surface area contributed by atoms with Crippen LogP contribution in [0.15, 0.2) is 54.6 Å². The lowest BCUT2D eigenvalue weighted by Crippen LogP contribution is -2.31. The van der Waals surface area contributed by atoms with Crippen molar-refractivity contribution in [3.63, 3.8) is 0 Å². The molecule has 0 saturated carbocycles. The van der Waals surface area contributed by atoms with Gasteiger partial charge in [-0.3, -0.25) is 19.2 Å². The van der Waals surface area contributed by atoms with Gasteiger partial charge in [0, 0.05) is 24.7 Å². The molecule has 7 nitrogen and oxygen atoms in total. The van der Waals surface area contributed by atoms with Crippen molar-refractivity contribution in [3.05, 3.63) is 65.7 Å². The van der Waals surface area contributed by atoms with Gasteiger partial charge >= 0.3 is 5.97 Å². The molecule has 5 rings (SSSR count). The smallest absolute Gasteiger partial charge is 0.316 e. The van der Waals surface area contributed by atoms with Crippen molar-refractivity contribution in [2.24, 2.45) is 23.7 Å². The molecule has 2 saturated heterocycles. The Kier molecular flexibility index (Phi) is 5.79. The van der Waals surface area contributed by atoms with E-state index in [1.165, 1.54) is 4.90 Å². The average molecular weight is 473 g/mol. The lowest BCUT2D eigenvalue weighted by atomic mass is 9.78. The molecule has 0 radical (unpaired) electrons. The number of anilines is 2. The lowest BCUT2D eigenvalue weighted by molar-refractivity contribution is -0.139. The number of esters is 1. The number of allylic oxidation sites excluding steroid dienone is 2. The SMILES string of the molecule is Cc1cc(C)cc(N2CC(C(=O)Oc3cccc(N4C(=O)C5CC=CC(C)C5C4=O)c3)CC2=O)c1. The predicted octanol–water partition coefficient (Wildman–Crippen LogP) is 3.96. The Bertz CT molecular complexity index is 1250. The minimum atomic E-state index is -0.600. The topological polar surface area (TPSA) is 84.0 Å². The van der Waals surface area contributed by atoms with E-state index >= 15 is 0 Å². The first kappa shape index (κ1) is 23.0. The molecular weight excluding hydrogens is 444 g/mol. The summed E-state index contributed by atoms with van der Waals surface area (Å²) in [6.45, 7) is 6.14. The van der Waals surface area contributed by atoms with Gasteiger partial charge in [0.25, 0.3) is 0 Å². The Hall–Kier alpha value is -3.74. The van der Waals surface area contributed by atoms with Crippen LogP contribution >= 0.6 is 0 Å². The van der Waals surface area contributed by atoms with Crippen molar-refractivity contribution >= 4 is 35.1 Å². The van der Waals surface area contributed by atoms with Gasteiger partial charge in [0.15, 0.2) is 0 Å². The first-order valence-corrected chi connectivity index (χ1v) is 12.0. The number of rotatable bonds is 4. The van der Waals surface area contributed by atoms with Crippen molar-refractivity contribution in [2.75, 3.05) is 16.3 Å². The zero-order valence-corrected chi connectivity index (χ0v) is 20.1. The summed E-state index contributed by atoms with van der Waals surface area (Å²) in [5.74, 6) is -2.14. The van der Waals surface area contributed by atoms with Gasteiger partial charge in [-0.2, -0.15) is 0 Å². The molecule has 0 aromatic heterocycles. The molecule has 35 heavy (non-hydrogen) atoms. The van der Waals surface area contributed by atoms with E-state index in [0.29, 0.717) is 12.1 Å². The molecule has 2 aromatic carbocycles. The monoisotopic (exact) mass is 472 g/mol. The number of hydrogen-bond donors (Lipinski definition) is 0. The van der Waals surface area contributed by atoms with Crippen LogP contribution in [-0.4, -0.2) is 30.2 Å². The van der Waals surface area contributed by atoms with E-state index in [2.05, 4.69) is 0 Å². The fourth-order valence-electron chi connectivity index (χ4n) is 5.51. The maximum atomic E-state index is 13.1. The zero-order valence-electron chi connectivity index (χ0n) is 20.1. The molecule has 2 aliphatic heterocycles. The van der Waals surface area contributed by atoms with Gasteiger partial charge in [0.05, 0.1) is 23.4 Å². The predicted molar refractivity (Wildman–Crippen MR) is 131 cm³/mol. The van der Waals surface area contributed by atoms with E-state index in [1.54, 1.807) is 29.2 Å². The minimum absolute atomic E-state index is 0.00347. The van der Waals surface area contributed by atoms with E-state index < -0.39 is 11.9 Å². The van der Waals surface area contributed by atoms with Crippen LogP contribution in [0.2, 0.25) is 0 Å². The molecule has 7 heteroatoms. The number of aryl methyl sites for hydroxylation is 2. The number of imide groups is 1. The second kappa shape index (κ2) is 8.80. The van der Waals surface area contributed by atoms with E-state index in [1.807, 2.05) is 51.1 Å². The molecule has 1 aliphatic carbocycles. The van der Waals surface area contributed by atoms with Crippen LogP contribution in [0.25, 0.3) is 0 Å². The Labute approximate surface area is 204 Å². The number of hydrogen-bond acceptors (Lipinski definition) is 5. The summed E-state index contributed by atoms with van der Waals surface area (Å²) in [5.41, 5.74) is 3.27. The van der Waals surface area contributed by atoms with Crippen LogP contribution in [0, 0.1) is 37.5 Å². The molecule has 3 amide bonds. The molecule has 4 unspecified atom stereocenters. The minimum Gasteiger partial charge on any atom is -0.426 e. The second-order valence-electron chi connectivity index (χ2n) is 9.84. The molecular formula is C28H28N2O5. The summed E-state index contributed by atoms with van der Waals surface area (Å²) in [7, 11) is 0. The molecule has 4 atom stereocenters. The van der Waals surface area contributed by atoms with Gasteiger partial charge in [-0.15, -0.1) is 0 Å². The van der Waals surface area contributed by atoms with Crippen LogP contribution in [-0.2, 0) is 19.2 Å². The lowest BCUT2D eigenvalue weighted by Gasteiger charge is -2.22. The highest BCUT2D eigenvalue weighted by atomic mass is 16.5. The van der Waals surface area contributed by atoms with Gasteiger partial charge in [-0.25, -0.2) is 4.90 Å². The zero-order chi connectivity index (χ0) is 24.9. The van der Waals surface area contributed by atoms with E-state index in [-0.39, 0.29) is 54.2 Å². The first-order chi connectivity index (χ1) is 16.7. The molecule has 0 spiro atoms. The Morgan fingerprint density at radius 3 is 2.43 bits per heavy atom. The van der Waals surface area contributed by atoms with Gasteiger partial charge in [-0.1, -0.05) is 31.2 Å². The molecule has 2 heterocycles. The maximum absolute atomic E-state index is 13.1. The molecule has 2 aromatic rings.